The number of methoxy groups -OCH3 is 2. The summed E-state index contributed by atoms with van der Waals surface area (Å²) in [5, 5.41) is 11.7. The van der Waals surface area contributed by atoms with Crippen molar-refractivity contribution in [1.29, 1.82) is 0 Å². The lowest BCUT2D eigenvalue weighted by molar-refractivity contribution is 0.353. The minimum absolute atomic E-state index is 0.610. The molecule has 0 atom stereocenters. The number of fused-ring (bicyclic) bond motifs is 1. The molecule has 144 valence electrons. The molecule has 0 radical (unpaired) electrons. The Kier molecular flexibility index (Phi) is 4.97. The van der Waals surface area contributed by atoms with Gasteiger partial charge in [-0.05, 0) is 48.2 Å². The molecular weight excluding hydrogens is 354 g/mol. The first-order valence-electron chi connectivity index (χ1n) is 9.19. The largest absolute Gasteiger partial charge is 0.493 e. The normalized spacial score (nSPS) is 13.0. The predicted molar refractivity (Wildman–Crippen MR) is 109 cm³/mol. The molecule has 0 bridgehead atoms. The molecule has 7 heteroatoms. The molecule has 1 aromatic heterocycles. The molecule has 3 aromatic rings. The van der Waals surface area contributed by atoms with Crippen LogP contribution in [0.25, 0.3) is 0 Å². The standard InChI is InChI=1S/C21H23N5O2/c1-14-6-4-5-7-17(14)23-20-12-22-25-21(24-20)26-9-8-15-10-18(27-2)19(28-3)11-16(15)13-26/h4-7,10-12H,8-9,13H2,1-3H3,(H,23,24,25). The Morgan fingerprint density at radius 3 is 2.54 bits per heavy atom. The summed E-state index contributed by atoms with van der Waals surface area (Å²) in [7, 11) is 3.31. The van der Waals surface area contributed by atoms with Gasteiger partial charge < -0.3 is 19.7 Å². The maximum absolute atomic E-state index is 5.44. The summed E-state index contributed by atoms with van der Waals surface area (Å²) in [6.07, 6.45) is 2.52. The van der Waals surface area contributed by atoms with Crippen molar-refractivity contribution >= 4 is 17.5 Å². The average Bonchev–Trinajstić information content (AvgIpc) is 2.74. The van der Waals surface area contributed by atoms with E-state index in [1.165, 1.54) is 11.1 Å². The van der Waals surface area contributed by atoms with Gasteiger partial charge in [0.15, 0.2) is 17.3 Å². The van der Waals surface area contributed by atoms with Crippen LogP contribution < -0.4 is 19.7 Å². The molecule has 7 nitrogen and oxygen atoms in total. The van der Waals surface area contributed by atoms with Crippen molar-refractivity contribution in [1.82, 2.24) is 15.2 Å². The van der Waals surface area contributed by atoms with Gasteiger partial charge in [-0.15, -0.1) is 5.10 Å². The number of benzene rings is 2. The molecule has 1 aliphatic rings. The van der Waals surface area contributed by atoms with Crippen LogP contribution >= 0.6 is 0 Å². The molecular formula is C21H23N5O2. The van der Waals surface area contributed by atoms with Gasteiger partial charge in [0.05, 0.1) is 20.4 Å². The van der Waals surface area contributed by atoms with Crippen molar-refractivity contribution in [2.45, 2.75) is 19.9 Å². The number of anilines is 3. The highest BCUT2D eigenvalue weighted by Gasteiger charge is 2.21. The highest BCUT2D eigenvalue weighted by atomic mass is 16.5. The number of aromatic nitrogens is 3. The number of hydrogen-bond acceptors (Lipinski definition) is 7. The van der Waals surface area contributed by atoms with E-state index in [9.17, 15) is 0 Å². The van der Waals surface area contributed by atoms with Gasteiger partial charge in [0.1, 0.15) is 0 Å². The van der Waals surface area contributed by atoms with Crippen LogP contribution in [0.4, 0.5) is 17.5 Å². The zero-order chi connectivity index (χ0) is 19.5. The molecule has 0 spiro atoms. The molecule has 0 saturated carbocycles. The highest BCUT2D eigenvalue weighted by molar-refractivity contribution is 5.60. The molecule has 28 heavy (non-hydrogen) atoms. The summed E-state index contributed by atoms with van der Waals surface area (Å²) in [5.74, 6) is 2.78. The Morgan fingerprint density at radius 1 is 1.04 bits per heavy atom. The number of para-hydroxylation sites is 1. The minimum atomic E-state index is 0.610. The van der Waals surface area contributed by atoms with E-state index in [4.69, 9.17) is 9.47 Å². The van der Waals surface area contributed by atoms with Crippen LogP contribution in [0.15, 0.2) is 42.6 Å². The third-order valence-electron chi connectivity index (χ3n) is 4.96. The maximum atomic E-state index is 5.44. The van der Waals surface area contributed by atoms with Gasteiger partial charge in [-0.1, -0.05) is 18.2 Å². The SMILES string of the molecule is COc1cc2c(cc1OC)CN(c1nncc(Nc3ccccc3C)n1)CC2. The van der Waals surface area contributed by atoms with Crippen molar-refractivity contribution < 1.29 is 9.47 Å². The zero-order valence-electron chi connectivity index (χ0n) is 16.3. The summed E-state index contributed by atoms with van der Waals surface area (Å²) in [6.45, 7) is 3.57. The number of rotatable bonds is 5. The van der Waals surface area contributed by atoms with E-state index in [0.717, 1.165) is 35.7 Å². The second kappa shape index (κ2) is 7.72. The van der Waals surface area contributed by atoms with E-state index < -0.39 is 0 Å². The van der Waals surface area contributed by atoms with Gasteiger partial charge in [-0.3, -0.25) is 0 Å². The first-order valence-corrected chi connectivity index (χ1v) is 9.19. The quantitative estimate of drug-likeness (QED) is 0.729. The Balaban J connectivity index is 1.57. The highest BCUT2D eigenvalue weighted by Crippen LogP contribution is 2.34. The number of aryl methyl sites for hydroxylation is 1. The Labute approximate surface area is 164 Å². The van der Waals surface area contributed by atoms with Crippen LogP contribution in [-0.4, -0.2) is 35.9 Å². The van der Waals surface area contributed by atoms with Crippen LogP contribution in [0.2, 0.25) is 0 Å². The van der Waals surface area contributed by atoms with Crippen molar-refractivity contribution in [3.63, 3.8) is 0 Å². The molecule has 4 rings (SSSR count). The van der Waals surface area contributed by atoms with Crippen molar-refractivity contribution in [3.05, 3.63) is 59.3 Å². The van der Waals surface area contributed by atoms with Gasteiger partial charge in [0, 0.05) is 18.8 Å². The van der Waals surface area contributed by atoms with Gasteiger partial charge >= 0.3 is 0 Å². The molecule has 0 saturated heterocycles. The predicted octanol–water partition coefficient (Wildman–Crippen LogP) is 3.50. The van der Waals surface area contributed by atoms with Crippen LogP contribution in [0, 0.1) is 6.92 Å². The fourth-order valence-electron chi connectivity index (χ4n) is 3.39. The lowest BCUT2D eigenvalue weighted by Crippen LogP contribution is -2.32. The van der Waals surface area contributed by atoms with Crippen LogP contribution in [0.5, 0.6) is 11.5 Å². The summed E-state index contributed by atoms with van der Waals surface area (Å²) < 4.78 is 10.9. The van der Waals surface area contributed by atoms with Gasteiger partial charge in [0.2, 0.25) is 5.95 Å². The third kappa shape index (κ3) is 3.55. The summed E-state index contributed by atoms with van der Waals surface area (Å²) in [5.41, 5.74) is 4.60. The first-order chi connectivity index (χ1) is 13.7. The number of hydrogen-bond donors (Lipinski definition) is 1. The topological polar surface area (TPSA) is 72.4 Å². The zero-order valence-corrected chi connectivity index (χ0v) is 16.3. The third-order valence-corrected chi connectivity index (χ3v) is 4.96. The monoisotopic (exact) mass is 377 g/mol. The van der Waals surface area contributed by atoms with Crippen LogP contribution in [-0.2, 0) is 13.0 Å². The summed E-state index contributed by atoms with van der Waals surface area (Å²) in [4.78, 5) is 6.80. The van der Waals surface area contributed by atoms with E-state index in [1.54, 1.807) is 20.4 Å². The van der Waals surface area contributed by atoms with E-state index >= 15 is 0 Å². The molecule has 2 heterocycles. The van der Waals surface area contributed by atoms with Crippen LogP contribution in [0.3, 0.4) is 0 Å². The van der Waals surface area contributed by atoms with Gasteiger partial charge in [-0.25, -0.2) is 0 Å². The second-order valence-corrected chi connectivity index (χ2v) is 6.73. The second-order valence-electron chi connectivity index (χ2n) is 6.73. The summed E-state index contributed by atoms with van der Waals surface area (Å²) >= 11 is 0. The lowest BCUT2D eigenvalue weighted by atomic mass is 9.99. The summed E-state index contributed by atoms with van der Waals surface area (Å²) in [6, 6.07) is 12.2. The first kappa shape index (κ1) is 18.0. The van der Waals surface area contributed by atoms with Crippen molar-refractivity contribution in [2.24, 2.45) is 0 Å². The molecule has 0 fully saturated rings. The molecule has 2 aromatic carbocycles. The van der Waals surface area contributed by atoms with E-state index in [-0.39, 0.29) is 0 Å². The smallest absolute Gasteiger partial charge is 0.247 e. The van der Waals surface area contributed by atoms with E-state index in [2.05, 4.69) is 44.5 Å². The van der Waals surface area contributed by atoms with E-state index in [1.807, 2.05) is 24.3 Å². The Morgan fingerprint density at radius 2 is 1.79 bits per heavy atom. The van der Waals surface area contributed by atoms with Crippen molar-refractivity contribution in [2.75, 3.05) is 31.0 Å². The molecule has 0 aliphatic carbocycles. The number of nitrogens with one attached hydrogen (secondary N) is 1. The average molecular weight is 377 g/mol. The van der Waals surface area contributed by atoms with Gasteiger partial charge in [-0.2, -0.15) is 10.1 Å². The Hall–Kier alpha value is -3.35. The van der Waals surface area contributed by atoms with Gasteiger partial charge in [0.25, 0.3) is 0 Å². The molecule has 0 amide bonds. The Bertz CT molecular complexity index is 992. The lowest BCUT2D eigenvalue weighted by Gasteiger charge is -2.29. The maximum Gasteiger partial charge on any atom is 0.247 e. The van der Waals surface area contributed by atoms with Crippen molar-refractivity contribution in [3.8, 4) is 11.5 Å². The fourth-order valence-corrected chi connectivity index (χ4v) is 3.39. The molecule has 1 N–H and O–H groups in total. The molecule has 0 unspecified atom stereocenters. The van der Waals surface area contributed by atoms with Crippen LogP contribution in [0.1, 0.15) is 16.7 Å². The fraction of sp³-hybridized carbons (Fsp3) is 0.286. The van der Waals surface area contributed by atoms with E-state index in [0.29, 0.717) is 18.3 Å². The minimum Gasteiger partial charge on any atom is -0.493 e. The number of nitrogens with zero attached hydrogens (tertiary/aromatic N) is 4. The number of ether oxygens (including phenoxy) is 2. The molecule has 1 aliphatic heterocycles.